The summed E-state index contributed by atoms with van der Waals surface area (Å²) < 4.78 is 23.4. The molecule has 0 unspecified atom stereocenters. The van der Waals surface area contributed by atoms with E-state index in [1.54, 1.807) is 6.07 Å². The molecule has 0 atom stereocenters. The van der Waals surface area contributed by atoms with Crippen LogP contribution in [0, 0.1) is 5.82 Å². The van der Waals surface area contributed by atoms with Crippen molar-refractivity contribution in [3.8, 4) is 5.75 Å². The van der Waals surface area contributed by atoms with Gasteiger partial charge in [-0.2, -0.15) is 4.98 Å². The number of aromatic nitrogens is 2. The van der Waals surface area contributed by atoms with Gasteiger partial charge in [-0.3, -0.25) is 0 Å². The van der Waals surface area contributed by atoms with Crippen LogP contribution in [0.4, 0.5) is 4.39 Å². The Morgan fingerprint density at radius 3 is 2.94 bits per heavy atom. The van der Waals surface area contributed by atoms with Crippen molar-refractivity contribution in [2.45, 2.75) is 26.5 Å². The Morgan fingerprint density at radius 2 is 2.28 bits per heavy atom. The van der Waals surface area contributed by atoms with Gasteiger partial charge >= 0.3 is 0 Å². The van der Waals surface area contributed by atoms with E-state index in [-0.39, 0.29) is 19.0 Å². The Bertz CT molecular complexity index is 528. The number of hydrogen-bond donors (Lipinski definition) is 1. The maximum absolute atomic E-state index is 13.0. The quantitative estimate of drug-likeness (QED) is 0.877. The second-order valence-electron chi connectivity index (χ2n) is 3.70. The van der Waals surface area contributed by atoms with Gasteiger partial charge in [0.25, 0.3) is 0 Å². The minimum atomic E-state index is -0.337. The van der Waals surface area contributed by atoms with Crippen molar-refractivity contribution in [3.63, 3.8) is 0 Å². The van der Waals surface area contributed by atoms with Gasteiger partial charge in [0.15, 0.2) is 6.61 Å². The lowest BCUT2D eigenvalue weighted by molar-refractivity contribution is 0.282. The summed E-state index contributed by atoms with van der Waals surface area (Å²) in [5.74, 6) is 1.21. The van der Waals surface area contributed by atoms with Gasteiger partial charge in [-0.15, -0.1) is 0 Å². The zero-order valence-electron chi connectivity index (χ0n) is 10.0. The molecule has 2 aromatic rings. The fourth-order valence-corrected chi connectivity index (χ4v) is 1.48. The van der Waals surface area contributed by atoms with E-state index in [9.17, 15) is 4.39 Å². The van der Waals surface area contributed by atoms with E-state index in [4.69, 9.17) is 15.0 Å². The van der Waals surface area contributed by atoms with Crippen molar-refractivity contribution >= 4 is 0 Å². The standard InChI is InChI=1S/C12H14FN3O2/c1-2-12-15-11(16-18-12)7-17-10-4-3-9(13)5-8(10)6-14/h3-5H,2,6-7,14H2,1H3. The maximum Gasteiger partial charge on any atom is 0.226 e. The Labute approximate surface area is 104 Å². The third-order valence-corrected chi connectivity index (χ3v) is 2.41. The van der Waals surface area contributed by atoms with Gasteiger partial charge in [-0.1, -0.05) is 12.1 Å². The van der Waals surface area contributed by atoms with Crippen molar-refractivity contribution in [3.05, 3.63) is 41.3 Å². The molecule has 0 radical (unpaired) electrons. The number of nitrogens with two attached hydrogens (primary N) is 1. The van der Waals surface area contributed by atoms with Crippen LogP contribution >= 0.6 is 0 Å². The van der Waals surface area contributed by atoms with Gasteiger partial charge in [-0.05, 0) is 18.2 Å². The number of ether oxygens (including phenoxy) is 1. The summed E-state index contributed by atoms with van der Waals surface area (Å²) in [6.07, 6.45) is 0.678. The highest BCUT2D eigenvalue weighted by atomic mass is 19.1. The van der Waals surface area contributed by atoms with Crippen LogP contribution in [-0.2, 0) is 19.6 Å². The largest absolute Gasteiger partial charge is 0.485 e. The molecule has 0 fully saturated rings. The van der Waals surface area contributed by atoms with Gasteiger partial charge in [0.2, 0.25) is 11.7 Å². The molecule has 1 heterocycles. The van der Waals surface area contributed by atoms with Crippen LogP contribution in [0.1, 0.15) is 24.2 Å². The molecule has 18 heavy (non-hydrogen) atoms. The van der Waals surface area contributed by atoms with Crippen molar-refractivity contribution < 1.29 is 13.7 Å². The Balaban J connectivity index is 2.05. The van der Waals surface area contributed by atoms with Crippen LogP contribution in [0.25, 0.3) is 0 Å². The van der Waals surface area contributed by atoms with Crippen LogP contribution in [0.2, 0.25) is 0 Å². The molecule has 0 aliphatic heterocycles. The lowest BCUT2D eigenvalue weighted by Gasteiger charge is -2.08. The molecule has 0 spiro atoms. The molecular weight excluding hydrogens is 237 g/mol. The summed E-state index contributed by atoms with van der Waals surface area (Å²) in [6, 6.07) is 4.21. The fourth-order valence-electron chi connectivity index (χ4n) is 1.48. The summed E-state index contributed by atoms with van der Waals surface area (Å²) in [4.78, 5) is 4.11. The van der Waals surface area contributed by atoms with Crippen LogP contribution in [0.3, 0.4) is 0 Å². The normalized spacial score (nSPS) is 10.6. The molecule has 1 aromatic carbocycles. The summed E-state index contributed by atoms with van der Waals surface area (Å²) in [5, 5.41) is 3.76. The first-order valence-electron chi connectivity index (χ1n) is 5.65. The highest BCUT2D eigenvalue weighted by Crippen LogP contribution is 2.20. The average Bonchev–Trinajstić information content (AvgIpc) is 2.85. The Hall–Kier alpha value is -1.95. The predicted octanol–water partition coefficient (Wildman–Crippen LogP) is 1.81. The van der Waals surface area contributed by atoms with Crippen LogP contribution in [-0.4, -0.2) is 10.1 Å². The summed E-state index contributed by atoms with van der Waals surface area (Å²) in [7, 11) is 0. The number of rotatable bonds is 5. The first kappa shape index (κ1) is 12.5. The summed E-state index contributed by atoms with van der Waals surface area (Å²) in [5.41, 5.74) is 6.12. The maximum atomic E-state index is 13.0. The summed E-state index contributed by atoms with van der Waals surface area (Å²) >= 11 is 0. The van der Waals surface area contributed by atoms with Crippen LogP contribution in [0.5, 0.6) is 5.75 Å². The van der Waals surface area contributed by atoms with Crippen molar-refractivity contribution in [2.75, 3.05) is 0 Å². The van der Waals surface area contributed by atoms with Crippen molar-refractivity contribution in [2.24, 2.45) is 5.73 Å². The number of nitrogens with zero attached hydrogens (tertiary/aromatic N) is 2. The van der Waals surface area contributed by atoms with E-state index in [1.165, 1.54) is 12.1 Å². The average molecular weight is 251 g/mol. The second-order valence-corrected chi connectivity index (χ2v) is 3.70. The van der Waals surface area contributed by atoms with Crippen LogP contribution < -0.4 is 10.5 Å². The number of aryl methyl sites for hydroxylation is 1. The van der Waals surface area contributed by atoms with Crippen LogP contribution in [0.15, 0.2) is 22.7 Å². The number of benzene rings is 1. The lowest BCUT2D eigenvalue weighted by atomic mass is 10.2. The molecule has 0 saturated heterocycles. The third kappa shape index (κ3) is 2.84. The monoisotopic (exact) mass is 251 g/mol. The van der Waals surface area contributed by atoms with E-state index in [2.05, 4.69) is 10.1 Å². The third-order valence-electron chi connectivity index (χ3n) is 2.41. The molecule has 0 saturated carbocycles. The molecule has 0 aliphatic rings. The van der Waals surface area contributed by atoms with E-state index < -0.39 is 0 Å². The fraction of sp³-hybridized carbons (Fsp3) is 0.333. The van der Waals surface area contributed by atoms with Crippen molar-refractivity contribution in [1.82, 2.24) is 10.1 Å². The van der Waals surface area contributed by atoms with Crippen molar-refractivity contribution in [1.29, 1.82) is 0 Å². The smallest absolute Gasteiger partial charge is 0.226 e. The van der Waals surface area contributed by atoms with Gasteiger partial charge < -0.3 is 15.0 Å². The predicted molar refractivity (Wildman–Crippen MR) is 62.3 cm³/mol. The molecule has 96 valence electrons. The SMILES string of the molecule is CCc1nc(COc2ccc(F)cc2CN)no1. The molecule has 2 rings (SSSR count). The molecular formula is C12H14FN3O2. The first-order chi connectivity index (χ1) is 8.72. The second kappa shape index (κ2) is 5.59. The Morgan fingerprint density at radius 1 is 1.44 bits per heavy atom. The Kier molecular flexibility index (Phi) is 3.88. The molecule has 5 nitrogen and oxygen atoms in total. The minimum Gasteiger partial charge on any atom is -0.485 e. The minimum absolute atomic E-state index is 0.169. The molecule has 0 bridgehead atoms. The highest BCUT2D eigenvalue weighted by Gasteiger charge is 2.08. The number of halogens is 1. The highest BCUT2D eigenvalue weighted by molar-refractivity contribution is 5.33. The van der Waals surface area contributed by atoms with E-state index in [0.29, 0.717) is 29.4 Å². The topological polar surface area (TPSA) is 74.2 Å². The lowest BCUT2D eigenvalue weighted by Crippen LogP contribution is -2.04. The molecule has 2 N–H and O–H groups in total. The summed E-state index contributed by atoms with van der Waals surface area (Å²) in [6.45, 7) is 2.30. The molecule has 6 heteroatoms. The number of hydrogen-bond acceptors (Lipinski definition) is 5. The molecule has 0 amide bonds. The molecule has 0 aliphatic carbocycles. The van der Waals surface area contributed by atoms with Gasteiger partial charge in [0.1, 0.15) is 11.6 Å². The van der Waals surface area contributed by atoms with E-state index in [1.807, 2.05) is 6.92 Å². The zero-order valence-corrected chi connectivity index (χ0v) is 10.0. The zero-order chi connectivity index (χ0) is 13.0. The first-order valence-corrected chi connectivity index (χ1v) is 5.65. The van der Waals surface area contributed by atoms with Gasteiger partial charge in [-0.25, -0.2) is 4.39 Å². The van der Waals surface area contributed by atoms with E-state index in [0.717, 1.165) is 0 Å². The van der Waals surface area contributed by atoms with Gasteiger partial charge in [0.05, 0.1) is 0 Å². The molecule has 1 aromatic heterocycles. The van der Waals surface area contributed by atoms with E-state index >= 15 is 0 Å². The van der Waals surface area contributed by atoms with Gasteiger partial charge in [0, 0.05) is 18.5 Å².